The average Bonchev–Trinajstić information content (AvgIpc) is 3.38. The summed E-state index contributed by atoms with van der Waals surface area (Å²) in [5, 5.41) is 4.46. The second-order valence-corrected chi connectivity index (χ2v) is 8.78. The second kappa shape index (κ2) is 8.19. The van der Waals surface area contributed by atoms with E-state index in [4.69, 9.17) is 0 Å². The van der Waals surface area contributed by atoms with Crippen LogP contribution in [0.5, 0.6) is 0 Å². The number of nitrogens with zero attached hydrogens (tertiary/aromatic N) is 2. The third-order valence-electron chi connectivity index (χ3n) is 6.45. The number of aryl methyl sites for hydroxylation is 1. The monoisotopic (exact) mass is 415 g/mol. The minimum absolute atomic E-state index is 0.0632. The molecule has 6 heteroatoms. The number of piperidine rings is 1. The third kappa shape index (κ3) is 4.08. The van der Waals surface area contributed by atoms with Gasteiger partial charge in [-0.1, -0.05) is 24.3 Å². The second-order valence-electron chi connectivity index (χ2n) is 8.78. The first kappa shape index (κ1) is 19.8. The number of para-hydroxylation sites is 1. The van der Waals surface area contributed by atoms with Crippen LogP contribution in [-0.2, 0) is 11.3 Å². The predicted octanol–water partition coefficient (Wildman–Crippen LogP) is 4.44. The molecule has 1 saturated heterocycles. The van der Waals surface area contributed by atoms with Gasteiger partial charge in [-0.15, -0.1) is 0 Å². The Morgan fingerprint density at radius 1 is 1.19 bits per heavy atom. The first-order valence-corrected chi connectivity index (χ1v) is 11.1. The quantitative estimate of drug-likeness (QED) is 0.451. The van der Waals surface area contributed by atoms with Crippen LogP contribution in [0.2, 0.25) is 0 Å². The van der Waals surface area contributed by atoms with Crippen LogP contribution in [0.4, 0.5) is 0 Å². The molecule has 1 atom stereocenters. The highest BCUT2D eigenvalue weighted by Crippen LogP contribution is 2.24. The van der Waals surface area contributed by atoms with E-state index < -0.39 is 0 Å². The van der Waals surface area contributed by atoms with Crippen molar-refractivity contribution >= 4 is 27.8 Å². The zero-order valence-corrected chi connectivity index (χ0v) is 18.1. The van der Waals surface area contributed by atoms with Gasteiger partial charge in [-0.05, 0) is 69.1 Å². The molecule has 1 aliphatic heterocycles. The Balaban J connectivity index is 1.17. The van der Waals surface area contributed by atoms with E-state index in [1.807, 2.05) is 13.0 Å². The number of aromatic amines is 2. The summed E-state index contributed by atoms with van der Waals surface area (Å²) < 4.78 is 0. The van der Waals surface area contributed by atoms with Crippen molar-refractivity contribution in [3.05, 3.63) is 65.6 Å². The van der Waals surface area contributed by atoms with E-state index in [9.17, 15) is 4.79 Å². The first-order valence-electron chi connectivity index (χ1n) is 11.1. The standard InChI is InChI=1S/C25H29N5O/c1-16-7-8-22-23(13-16)29-24(28-22)17(2)27-25(31)18-9-11-30(12-10-18)15-19-14-26-21-6-4-3-5-20(19)21/h3-8,13-14,17-18,26H,9-12,15H2,1-2H3,(H,27,31)(H,28,29). The number of fused-ring (bicyclic) bond motifs is 2. The Morgan fingerprint density at radius 3 is 2.84 bits per heavy atom. The molecule has 2 aromatic carbocycles. The van der Waals surface area contributed by atoms with Gasteiger partial charge in [0.05, 0.1) is 17.1 Å². The molecule has 1 fully saturated rings. The highest BCUT2D eigenvalue weighted by atomic mass is 16.2. The molecule has 0 aliphatic carbocycles. The van der Waals surface area contributed by atoms with Gasteiger partial charge in [0.15, 0.2) is 0 Å². The number of benzene rings is 2. The minimum atomic E-state index is -0.135. The summed E-state index contributed by atoms with van der Waals surface area (Å²) in [6, 6.07) is 14.4. The Hall–Kier alpha value is -3.12. The lowest BCUT2D eigenvalue weighted by atomic mass is 9.95. The predicted molar refractivity (Wildman–Crippen MR) is 124 cm³/mol. The van der Waals surface area contributed by atoms with E-state index in [2.05, 4.69) is 74.7 Å². The number of carbonyl (C=O) groups excluding carboxylic acids is 1. The molecule has 6 nitrogen and oxygen atoms in total. The van der Waals surface area contributed by atoms with Crippen LogP contribution in [0, 0.1) is 12.8 Å². The number of nitrogens with one attached hydrogen (secondary N) is 3. The smallest absolute Gasteiger partial charge is 0.223 e. The minimum Gasteiger partial charge on any atom is -0.361 e. The van der Waals surface area contributed by atoms with Gasteiger partial charge in [0.1, 0.15) is 5.82 Å². The molecule has 1 aliphatic rings. The molecule has 5 rings (SSSR count). The van der Waals surface area contributed by atoms with Gasteiger partial charge < -0.3 is 15.3 Å². The molecule has 0 bridgehead atoms. The SMILES string of the molecule is Cc1ccc2nc(C(C)NC(=O)C3CCN(Cc4c[nH]c5ccccc45)CC3)[nH]c2c1. The molecule has 1 amide bonds. The zero-order chi connectivity index (χ0) is 21.4. The molecular formula is C25H29N5O. The van der Waals surface area contributed by atoms with Crippen molar-refractivity contribution < 1.29 is 4.79 Å². The molecule has 3 N–H and O–H groups in total. The number of amides is 1. The van der Waals surface area contributed by atoms with Crippen molar-refractivity contribution in [3.8, 4) is 0 Å². The summed E-state index contributed by atoms with van der Waals surface area (Å²) in [6.45, 7) is 6.86. The summed E-state index contributed by atoms with van der Waals surface area (Å²) in [5.74, 6) is 1.01. The van der Waals surface area contributed by atoms with E-state index >= 15 is 0 Å². The van der Waals surface area contributed by atoms with Gasteiger partial charge in [-0.3, -0.25) is 9.69 Å². The molecule has 160 valence electrons. The lowest BCUT2D eigenvalue weighted by molar-refractivity contribution is -0.127. The number of H-pyrrole nitrogens is 2. The first-order chi connectivity index (χ1) is 15.1. The van der Waals surface area contributed by atoms with Gasteiger partial charge in [-0.2, -0.15) is 0 Å². The van der Waals surface area contributed by atoms with Gasteiger partial charge >= 0.3 is 0 Å². The van der Waals surface area contributed by atoms with Gasteiger partial charge in [0.25, 0.3) is 0 Å². The fourth-order valence-electron chi connectivity index (χ4n) is 4.60. The maximum absolute atomic E-state index is 12.9. The Labute approximate surface area is 182 Å². The number of hydrogen-bond acceptors (Lipinski definition) is 3. The maximum atomic E-state index is 12.9. The molecule has 1 unspecified atom stereocenters. The Kier molecular flexibility index (Phi) is 5.24. The number of rotatable bonds is 5. The molecule has 3 heterocycles. The summed E-state index contributed by atoms with van der Waals surface area (Å²) >= 11 is 0. The lowest BCUT2D eigenvalue weighted by Gasteiger charge is -2.31. The summed E-state index contributed by atoms with van der Waals surface area (Å²) in [5.41, 5.74) is 5.65. The molecule has 2 aromatic heterocycles. The van der Waals surface area contributed by atoms with Gasteiger partial charge in [-0.25, -0.2) is 4.98 Å². The van der Waals surface area contributed by atoms with E-state index in [-0.39, 0.29) is 17.9 Å². The molecule has 0 spiro atoms. The summed E-state index contributed by atoms with van der Waals surface area (Å²) in [7, 11) is 0. The summed E-state index contributed by atoms with van der Waals surface area (Å²) in [4.78, 5) is 26.7. The van der Waals surface area contributed by atoms with Crippen LogP contribution in [-0.4, -0.2) is 38.8 Å². The van der Waals surface area contributed by atoms with Gasteiger partial charge in [0, 0.05) is 29.6 Å². The number of likely N-dealkylation sites (tertiary alicyclic amines) is 1. The highest BCUT2D eigenvalue weighted by Gasteiger charge is 2.27. The van der Waals surface area contributed by atoms with Crippen molar-refractivity contribution in [1.29, 1.82) is 0 Å². The van der Waals surface area contributed by atoms with E-state index in [0.717, 1.165) is 49.3 Å². The van der Waals surface area contributed by atoms with Crippen molar-refractivity contribution in [2.75, 3.05) is 13.1 Å². The van der Waals surface area contributed by atoms with Crippen LogP contribution in [0.15, 0.2) is 48.7 Å². The van der Waals surface area contributed by atoms with Crippen molar-refractivity contribution in [2.45, 2.75) is 39.3 Å². The number of aromatic nitrogens is 3. The zero-order valence-electron chi connectivity index (χ0n) is 18.1. The van der Waals surface area contributed by atoms with Crippen LogP contribution in [0.25, 0.3) is 21.9 Å². The Bertz CT molecular complexity index is 1220. The number of carbonyl (C=O) groups is 1. The number of hydrogen-bond donors (Lipinski definition) is 3. The fraction of sp³-hybridized carbons (Fsp3) is 0.360. The van der Waals surface area contributed by atoms with Crippen molar-refractivity contribution in [1.82, 2.24) is 25.2 Å². The Morgan fingerprint density at radius 2 is 2.00 bits per heavy atom. The average molecular weight is 416 g/mol. The van der Waals surface area contributed by atoms with Crippen LogP contribution < -0.4 is 5.32 Å². The van der Waals surface area contributed by atoms with Crippen molar-refractivity contribution in [2.24, 2.45) is 5.92 Å². The molecule has 31 heavy (non-hydrogen) atoms. The van der Waals surface area contributed by atoms with Crippen molar-refractivity contribution in [3.63, 3.8) is 0 Å². The van der Waals surface area contributed by atoms with Crippen LogP contribution >= 0.6 is 0 Å². The normalized spacial score (nSPS) is 16.7. The molecular weight excluding hydrogens is 386 g/mol. The van der Waals surface area contributed by atoms with E-state index in [1.54, 1.807) is 0 Å². The van der Waals surface area contributed by atoms with Crippen LogP contribution in [0.1, 0.15) is 42.8 Å². The fourth-order valence-corrected chi connectivity index (χ4v) is 4.60. The summed E-state index contributed by atoms with van der Waals surface area (Å²) in [6.07, 6.45) is 3.89. The lowest BCUT2D eigenvalue weighted by Crippen LogP contribution is -2.41. The number of imidazole rings is 1. The van der Waals surface area contributed by atoms with Gasteiger partial charge in [0.2, 0.25) is 5.91 Å². The van der Waals surface area contributed by atoms with E-state index in [0.29, 0.717) is 0 Å². The highest BCUT2D eigenvalue weighted by molar-refractivity contribution is 5.83. The largest absolute Gasteiger partial charge is 0.361 e. The molecule has 0 saturated carbocycles. The topological polar surface area (TPSA) is 76.8 Å². The van der Waals surface area contributed by atoms with Crippen LogP contribution in [0.3, 0.4) is 0 Å². The molecule has 4 aromatic rings. The third-order valence-corrected chi connectivity index (χ3v) is 6.45. The molecule has 0 radical (unpaired) electrons. The van der Waals surface area contributed by atoms with E-state index in [1.165, 1.54) is 22.0 Å². The maximum Gasteiger partial charge on any atom is 0.223 e.